The number of benzene rings is 1. The summed E-state index contributed by atoms with van der Waals surface area (Å²) in [5.74, 6) is 0.725. The molecule has 4 atom stereocenters. The zero-order chi connectivity index (χ0) is 17.4. The second-order valence-electron chi connectivity index (χ2n) is 7.86. The molecule has 1 aromatic rings. The fourth-order valence-electron chi connectivity index (χ4n) is 5.99. The van der Waals surface area contributed by atoms with E-state index in [4.69, 9.17) is 4.74 Å². The molecule has 5 rings (SSSR count). The van der Waals surface area contributed by atoms with Crippen molar-refractivity contribution in [2.75, 3.05) is 13.1 Å². The molecular weight excluding hydrogens is 318 g/mol. The van der Waals surface area contributed by atoms with Crippen molar-refractivity contribution in [3.63, 3.8) is 0 Å². The number of nitrogens with zero attached hydrogens (tertiary/aromatic N) is 1. The van der Waals surface area contributed by atoms with Crippen LogP contribution in [-0.2, 0) is 23.2 Å². The second kappa shape index (κ2) is 4.93. The van der Waals surface area contributed by atoms with Gasteiger partial charge in [-0.2, -0.15) is 0 Å². The Morgan fingerprint density at radius 1 is 1.40 bits per heavy atom. The molecule has 0 amide bonds. The van der Waals surface area contributed by atoms with Crippen LogP contribution in [0.1, 0.15) is 36.0 Å². The van der Waals surface area contributed by atoms with Gasteiger partial charge in [-0.05, 0) is 24.8 Å². The molecule has 1 saturated carbocycles. The second-order valence-corrected chi connectivity index (χ2v) is 7.86. The zero-order valence-electron chi connectivity index (χ0n) is 14.2. The molecule has 2 fully saturated rings. The number of piperidine rings is 1. The Bertz CT molecular complexity index is 790. The maximum Gasteiger partial charge on any atom is 0.174 e. The van der Waals surface area contributed by atoms with E-state index in [0.717, 1.165) is 30.6 Å². The number of ketones is 1. The van der Waals surface area contributed by atoms with Gasteiger partial charge in [-0.25, -0.2) is 0 Å². The topological polar surface area (TPSA) is 70.0 Å². The van der Waals surface area contributed by atoms with Crippen LogP contribution in [0.15, 0.2) is 24.8 Å². The first-order chi connectivity index (χ1) is 12.1. The predicted octanol–water partition coefficient (Wildman–Crippen LogP) is 1.09. The molecular formula is C20H23NO4. The van der Waals surface area contributed by atoms with Crippen LogP contribution in [0.3, 0.4) is 0 Å². The van der Waals surface area contributed by atoms with Gasteiger partial charge in [0.25, 0.3) is 0 Å². The lowest BCUT2D eigenvalue weighted by atomic mass is 9.49. The Morgan fingerprint density at radius 2 is 2.24 bits per heavy atom. The summed E-state index contributed by atoms with van der Waals surface area (Å²) in [4.78, 5) is 15.0. The van der Waals surface area contributed by atoms with Crippen molar-refractivity contribution in [2.24, 2.45) is 0 Å². The van der Waals surface area contributed by atoms with Crippen LogP contribution >= 0.6 is 0 Å². The van der Waals surface area contributed by atoms with Crippen LogP contribution in [0.2, 0.25) is 0 Å². The lowest BCUT2D eigenvalue weighted by Gasteiger charge is -2.62. The summed E-state index contributed by atoms with van der Waals surface area (Å²) in [5, 5.41) is 21.6. The number of carbonyl (C=O) groups is 1. The predicted molar refractivity (Wildman–Crippen MR) is 91.5 cm³/mol. The molecule has 4 aliphatic rings. The number of hydrogen-bond donors (Lipinski definition) is 2. The molecule has 0 aromatic heterocycles. The van der Waals surface area contributed by atoms with E-state index in [1.807, 2.05) is 18.2 Å². The number of rotatable bonds is 3. The molecule has 25 heavy (non-hydrogen) atoms. The number of ether oxygens (including phenoxy) is 1. The smallest absolute Gasteiger partial charge is 0.174 e. The van der Waals surface area contributed by atoms with Crippen molar-refractivity contribution in [3.05, 3.63) is 41.5 Å². The van der Waals surface area contributed by atoms with Crippen LogP contribution < -0.4 is 4.74 Å². The van der Waals surface area contributed by atoms with Gasteiger partial charge in [-0.1, -0.05) is 18.2 Å². The Morgan fingerprint density at radius 3 is 3.00 bits per heavy atom. The molecule has 2 aliphatic carbocycles. The average molecular weight is 341 g/mol. The molecule has 2 bridgehead atoms. The average Bonchev–Trinajstić information content (AvgIpc) is 2.96. The summed E-state index contributed by atoms with van der Waals surface area (Å²) in [7, 11) is 0. The Labute approximate surface area is 146 Å². The third-order valence-corrected chi connectivity index (χ3v) is 7.01. The molecule has 0 unspecified atom stereocenters. The number of aliphatic hydroxyl groups excluding tert-OH is 1. The van der Waals surface area contributed by atoms with Crippen molar-refractivity contribution in [2.45, 2.75) is 55.5 Å². The summed E-state index contributed by atoms with van der Waals surface area (Å²) in [5.41, 5.74) is 1.21. The Balaban J connectivity index is 1.79. The molecule has 5 nitrogen and oxygen atoms in total. The van der Waals surface area contributed by atoms with Gasteiger partial charge in [0.15, 0.2) is 11.9 Å². The van der Waals surface area contributed by atoms with E-state index < -0.39 is 17.1 Å². The van der Waals surface area contributed by atoms with Crippen LogP contribution in [0.4, 0.5) is 0 Å². The molecule has 2 heterocycles. The van der Waals surface area contributed by atoms with Gasteiger partial charge in [0.2, 0.25) is 0 Å². The van der Waals surface area contributed by atoms with Crippen molar-refractivity contribution in [1.29, 1.82) is 0 Å². The lowest BCUT2D eigenvalue weighted by Crippen LogP contribution is -2.76. The van der Waals surface area contributed by atoms with E-state index in [1.165, 1.54) is 0 Å². The van der Waals surface area contributed by atoms with Gasteiger partial charge in [0.05, 0.1) is 17.6 Å². The standard InChI is InChI=1S/C20H23NO4/c1-2-8-21-9-7-19-16-12-3-4-13(11-22)17(16)25-18(19)14(23)5-6-20(19,24)15(21)10-12/h2-4,15,18,22,24H,1,5-11H2/t15-,18+,19+,20-/m1/s1. The van der Waals surface area contributed by atoms with Gasteiger partial charge in [-0.15, -0.1) is 6.58 Å². The Kier molecular flexibility index (Phi) is 3.07. The van der Waals surface area contributed by atoms with E-state index >= 15 is 0 Å². The molecule has 5 heteroatoms. The largest absolute Gasteiger partial charge is 0.481 e. The zero-order valence-corrected chi connectivity index (χ0v) is 14.2. The maximum atomic E-state index is 12.7. The quantitative estimate of drug-likeness (QED) is 0.806. The van der Waals surface area contributed by atoms with Gasteiger partial charge in [-0.3, -0.25) is 9.69 Å². The van der Waals surface area contributed by atoms with Gasteiger partial charge in [0.1, 0.15) is 5.75 Å². The minimum Gasteiger partial charge on any atom is -0.481 e. The first-order valence-corrected chi connectivity index (χ1v) is 9.09. The highest BCUT2D eigenvalue weighted by Crippen LogP contribution is 2.63. The van der Waals surface area contributed by atoms with E-state index in [2.05, 4.69) is 11.5 Å². The molecule has 132 valence electrons. The minimum atomic E-state index is -0.973. The van der Waals surface area contributed by atoms with Crippen molar-refractivity contribution in [3.8, 4) is 5.75 Å². The number of carbonyl (C=O) groups excluding carboxylic acids is 1. The summed E-state index contributed by atoms with van der Waals surface area (Å²) < 4.78 is 6.17. The molecule has 2 N–H and O–H groups in total. The normalized spacial score (nSPS) is 38.2. The summed E-state index contributed by atoms with van der Waals surface area (Å²) >= 11 is 0. The molecule has 1 spiro atoms. The van der Waals surface area contributed by atoms with Gasteiger partial charge in [0, 0.05) is 36.7 Å². The molecule has 1 aromatic carbocycles. The van der Waals surface area contributed by atoms with E-state index in [-0.39, 0.29) is 18.4 Å². The van der Waals surface area contributed by atoms with E-state index in [1.54, 1.807) is 0 Å². The third kappa shape index (κ3) is 1.62. The number of Topliss-reactive ketones (excluding diaryl/α,β-unsaturated/α-hetero) is 1. The maximum absolute atomic E-state index is 12.7. The molecule has 1 saturated heterocycles. The molecule has 0 radical (unpaired) electrons. The number of likely N-dealkylation sites (tertiary alicyclic amines) is 1. The fraction of sp³-hybridized carbons (Fsp3) is 0.550. The number of hydrogen-bond acceptors (Lipinski definition) is 5. The third-order valence-electron chi connectivity index (χ3n) is 7.01. The summed E-state index contributed by atoms with van der Waals surface area (Å²) in [6.45, 7) is 5.29. The summed E-state index contributed by atoms with van der Waals surface area (Å²) in [6.07, 6.45) is 3.52. The van der Waals surface area contributed by atoms with Gasteiger partial charge >= 0.3 is 0 Å². The fourth-order valence-corrected chi connectivity index (χ4v) is 5.99. The van der Waals surface area contributed by atoms with Crippen LogP contribution in [0.25, 0.3) is 0 Å². The minimum absolute atomic E-state index is 0.0307. The lowest BCUT2D eigenvalue weighted by molar-refractivity contribution is -0.187. The first-order valence-electron chi connectivity index (χ1n) is 9.09. The van der Waals surface area contributed by atoms with Crippen LogP contribution in [0.5, 0.6) is 5.75 Å². The van der Waals surface area contributed by atoms with E-state index in [9.17, 15) is 15.0 Å². The van der Waals surface area contributed by atoms with Crippen LogP contribution in [-0.4, -0.2) is 51.7 Å². The monoisotopic (exact) mass is 341 g/mol. The van der Waals surface area contributed by atoms with Crippen LogP contribution in [0, 0.1) is 0 Å². The highest BCUT2D eigenvalue weighted by Gasteiger charge is 2.72. The van der Waals surface area contributed by atoms with Crippen molar-refractivity contribution >= 4 is 5.78 Å². The van der Waals surface area contributed by atoms with Crippen molar-refractivity contribution < 1.29 is 19.7 Å². The SMILES string of the molecule is C=CCN1CC[C@]23c4c5ccc(CO)c4O[C@H]2C(=O)CC[C@@]3(O)[C@H]1C5. The molecule has 2 aliphatic heterocycles. The van der Waals surface area contributed by atoms with Gasteiger partial charge < -0.3 is 14.9 Å². The highest BCUT2D eigenvalue weighted by atomic mass is 16.5. The first kappa shape index (κ1) is 15.6. The number of aliphatic hydroxyl groups is 2. The summed E-state index contributed by atoms with van der Waals surface area (Å²) in [6, 6.07) is 3.91. The van der Waals surface area contributed by atoms with E-state index in [0.29, 0.717) is 30.6 Å². The Hall–Kier alpha value is -1.69. The highest BCUT2D eigenvalue weighted by molar-refractivity contribution is 5.89. The van der Waals surface area contributed by atoms with Crippen molar-refractivity contribution in [1.82, 2.24) is 4.90 Å².